The van der Waals surface area contributed by atoms with Gasteiger partial charge in [-0.05, 0) is 32.0 Å². The molecular weight excluding hydrogens is 254 g/mol. The van der Waals surface area contributed by atoms with E-state index in [1.807, 2.05) is 0 Å². The van der Waals surface area contributed by atoms with Crippen LogP contribution in [0.1, 0.15) is 20.3 Å². The monoisotopic (exact) mass is 271 g/mol. The topological polar surface area (TPSA) is 58.6 Å². The Balaban J connectivity index is 2.23. The standard InChI is InChI=1S/C13H18ClNO3/c1-13(2,17)9-15-12(16)6-7-18-11-5-3-4-10(14)8-11/h3-5,8,17H,6-7,9H2,1-2H3,(H,15,16). The zero-order valence-electron chi connectivity index (χ0n) is 10.6. The molecule has 1 aromatic carbocycles. The lowest BCUT2D eigenvalue weighted by atomic mass is 10.1. The molecule has 0 aliphatic heterocycles. The molecular formula is C13H18ClNO3. The molecule has 0 heterocycles. The molecule has 0 atom stereocenters. The molecule has 0 saturated carbocycles. The van der Waals surface area contributed by atoms with Gasteiger partial charge in [0.2, 0.25) is 5.91 Å². The highest BCUT2D eigenvalue weighted by molar-refractivity contribution is 6.30. The summed E-state index contributed by atoms with van der Waals surface area (Å²) in [5.74, 6) is 0.483. The third-order valence-corrected chi connectivity index (χ3v) is 2.35. The van der Waals surface area contributed by atoms with Gasteiger partial charge < -0.3 is 15.2 Å². The third kappa shape index (κ3) is 6.47. The number of aliphatic hydroxyl groups is 1. The molecule has 0 saturated heterocycles. The van der Waals surface area contributed by atoms with E-state index >= 15 is 0 Å². The SMILES string of the molecule is CC(C)(O)CNC(=O)CCOc1cccc(Cl)c1. The van der Waals surface area contributed by atoms with Crippen LogP contribution in [0.2, 0.25) is 5.02 Å². The highest BCUT2D eigenvalue weighted by atomic mass is 35.5. The number of ether oxygens (including phenoxy) is 1. The summed E-state index contributed by atoms with van der Waals surface area (Å²) in [6.45, 7) is 3.77. The van der Waals surface area contributed by atoms with Gasteiger partial charge in [-0.3, -0.25) is 4.79 Å². The van der Waals surface area contributed by atoms with Crippen LogP contribution in [-0.4, -0.2) is 29.8 Å². The molecule has 0 bridgehead atoms. The molecule has 0 spiro atoms. The fraction of sp³-hybridized carbons (Fsp3) is 0.462. The van der Waals surface area contributed by atoms with Crippen LogP contribution in [0.15, 0.2) is 24.3 Å². The van der Waals surface area contributed by atoms with E-state index in [-0.39, 0.29) is 25.5 Å². The van der Waals surface area contributed by atoms with Gasteiger partial charge in [-0.15, -0.1) is 0 Å². The van der Waals surface area contributed by atoms with Gasteiger partial charge in [0.05, 0.1) is 18.6 Å². The Morgan fingerprint density at radius 2 is 2.22 bits per heavy atom. The number of carbonyl (C=O) groups is 1. The molecule has 0 radical (unpaired) electrons. The van der Waals surface area contributed by atoms with Crippen LogP contribution in [0.4, 0.5) is 0 Å². The van der Waals surface area contributed by atoms with Gasteiger partial charge in [-0.25, -0.2) is 0 Å². The Labute approximate surface area is 112 Å². The van der Waals surface area contributed by atoms with Crippen LogP contribution >= 0.6 is 11.6 Å². The zero-order valence-corrected chi connectivity index (χ0v) is 11.3. The second-order valence-corrected chi connectivity index (χ2v) is 5.08. The van der Waals surface area contributed by atoms with Crippen LogP contribution in [0, 0.1) is 0 Å². The van der Waals surface area contributed by atoms with Gasteiger partial charge in [0.1, 0.15) is 5.75 Å². The smallest absolute Gasteiger partial charge is 0.223 e. The van der Waals surface area contributed by atoms with Crippen LogP contribution in [-0.2, 0) is 4.79 Å². The maximum Gasteiger partial charge on any atom is 0.223 e. The van der Waals surface area contributed by atoms with E-state index in [2.05, 4.69) is 5.32 Å². The Morgan fingerprint density at radius 1 is 1.50 bits per heavy atom. The van der Waals surface area contributed by atoms with Crippen molar-refractivity contribution in [3.8, 4) is 5.75 Å². The van der Waals surface area contributed by atoms with E-state index in [1.54, 1.807) is 38.1 Å². The Hall–Kier alpha value is -1.26. The Morgan fingerprint density at radius 3 is 2.83 bits per heavy atom. The van der Waals surface area contributed by atoms with Crippen LogP contribution in [0.5, 0.6) is 5.75 Å². The van der Waals surface area contributed by atoms with Crippen molar-refractivity contribution in [3.05, 3.63) is 29.3 Å². The quantitative estimate of drug-likeness (QED) is 0.832. The maximum absolute atomic E-state index is 11.4. The molecule has 1 aromatic rings. The number of carbonyl (C=O) groups excluding carboxylic acids is 1. The van der Waals surface area contributed by atoms with Gasteiger partial charge in [0, 0.05) is 11.6 Å². The molecule has 0 aliphatic rings. The van der Waals surface area contributed by atoms with Crippen molar-refractivity contribution in [2.75, 3.05) is 13.2 Å². The van der Waals surface area contributed by atoms with Gasteiger partial charge in [0.15, 0.2) is 0 Å². The average molecular weight is 272 g/mol. The van der Waals surface area contributed by atoms with Crippen molar-refractivity contribution >= 4 is 17.5 Å². The molecule has 18 heavy (non-hydrogen) atoms. The molecule has 100 valence electrons. The molecule has 0 fully saturated rings. The summed E-state index contributed by atoms with van der Waals surface area (Å²) in [7, 11) is 0. The van der Waals surface area contributed by atoms with Crippen LogP contribution < -0.4 is 10.1 Å². The number of hydrogen-bond acceptors (Lipinski definition) is 3. The fourth-order valence-corrected chi connectivity index (χ4v) is 1.40. The summed E-state index contributed by atoms with van der Waals surface area (Å²) in [4.78, 5) is 11.4. The number of nitrogens with one attached hydrogen (secondary N) is 1. The second-order valence-electron chi connectivity index (χ2n) is 4.65. The summed E-state index contributed by atoms with van der Waals surface area (Å²) in [6, 6.07) is 7.01. The highest BCUT2D eigenvalue weighted by Gasteiger charge is 2.13. The van der Waals surface area contributed by atoms with Crippen molar-refractivity contribution in [1.29, 1.82) is 0 Å². The van der Waals surface area contributed by atoms with Crippen molar-refractivity contribution in [2.24, 2.45) is 0 Å². The van der Waals surface area contributed by atoms with Crippen molar-refractivity contribution < 1.29 is 14.6 Å². The first-order chi connectivity index (χ1) is 8.37. The second kappa shape index (κ2) is 6.61. The Kier molecular flexibility index (Phi) is 5.44. The number of halogens is 1. The highest BCUT2D eigenvalue weighted by Crippen LogP contribution is 2.17. The minimum Gasteiger partial charge on any atom is -0.493 e. The number of amides is 1. The lowest BCUT2D eigenvalue weighted by Crippen LogP contribution is -2.38. The summed E-state index contributed by atoms with van der Waals surface area (Å²) in [5, 5.41) is 12.7. The van der Waals surface area contributed by atoms with Gasteiger partial charge in [-0.1, -0.05) is 17.7 Å². The average Bonchev–Trinajstić information content (AvgIpc) is 2.25. The molecule has 2 N–H and O–H groups in total. The fourth-order valence-electron chi connectivity index (χ4n) is 1.22. The molecule has 0 unspecified atom stereocenters. The first-order valence-corrected chi connectivity index (χ1v) is 6.12. The van der Waals surface area contributed by atoms with E-state index in [9.17, 15) is 9.90 Å². The van der Waals surface area contributed by atoms with E-state index in [4.69, 9.17) is 16.3 Å². The minimum absolute atomic E-state index is 0.154. The van der Waals surface area contributed by atoms with Crippen molar-refractivity contribution in [3.63, 3.8) is 0 Å². The predicted octanol–water partition coefficient (Wildman–Crippen LogP) is 2.00. The zero-order chi connectivity index (χ0) is 13.6. The lowest BCUT2D eigenvalue weighted by Gasteiger charge is -2.17. The molecule has 0 aliphatic carbocycles. The first kappa shape index (κ1) is 14.8. The maximum atomic E-state index is 11.4. The summed E-state index contributed by atoms with van der Waals surface area (Å²) in [5.41, 5.74) is -0.899. The molecule has 5 heteroatoms. The lowest BCUT2D eigenvalue weighted by molar-refractivity contribution is -0.122. The van der Waals surface area contributed by atoms with E-state index in [1.165, 1.54) is 0 Å². The summed E-state index contributed by atoms with van der Waals surface area (Å²) >= 11 is 5.80. The molecule has 4 nitrogen and oxygen atoms in total. The van der Waals surface area contributed by atoms with Gasteiger partial charge >= 0.3 is 0 Å². The molecule has 0 aromatic heterocycles. The summed E-state index contributed by atoms with van der Waals surface area (Å²) in [6.07, 6.45) is 0.239. The number of hydrogen-bond donors (Lipinski definition) is 2. The largest absolute Gasteiger partial charge is 0.493 e. The Bertz CT molecular complexity index is 401. The normalized spacial score (nSPS) is 11.1. The number of rotatable bonds is 6. The van der Waals surface area contributed by atoms with E-state index in [0.717, 1.165) is 0 Å². The van der Waals surface area contributed by atoms with Crippen molar-refractivity contribution in [2.45, 2.75) is 25.9 Å². The van der Waals surface area contributed by atoms with Gasteiger partial charge in [0.25, 0.3) is 0 Å². The van der Waals surface area contributed by atoms with Crippen LogP contribution in [0.3, 0.4) is 0 Å². The molecule has 1 rings (SSSR count). The van der Waals surface area contributed by atoms with Gasteiger partial charge in [-0.2, -0.15) is 0 Å². The van der Waals surface area contributed by atoms with Crippen molar-refractivity contribution in [1.82, 2.24) is 5.32 Å². The minimum atomic E-state index is -0.899. The van der Waals surface area contributed by atoms with Crippen LogP contribution in [0.25, 0.3) is 0 Å². The number of benzene rings is 1. The first-order valence-electron chi connectivity index (χ1n) is 5.74. The molecule has 1 amide bonds. The van der Waals surface area contributed by atoms with E-state index in [0.29, 0.717) is 10.8 Å². The predicted molar refractivity (Wildman–Crippen MR) is 70.9 cm³/mol. The third-order valence-electron chi connectivity index (χ3n) is 2.11. The summed E-state index contributed by atoms with van der Waals surface area (Å²) < 4.78 is 5.38. The van der Waals surface area contributed by atoms with E-state index < -0.39 is 5.60 Å².